The summed E-state index contributed by atoms with van der Waals surface area (Å²) in [7, 11) is 3.14. The van der Waals surface area contributed by atoms with Crippen molar-refractivity contribution in [1.82, 2.24) is 15.0 Å². The van der Waals surface area contributed by atoms with Crippen LogP contribution in [0.5, 0.6) is 11.5 Å². The Balaban J connectivity index is 1.68. The van der Waals surface area contributed by atoms with Gasteiger partial charge in [-0.15, -0.1) is 5.10 Å². The molecular formula is C19H19ClN4O4. The molecule has 146 valence electrons. The Morgan fingerprint density at radius 1 is 1.14 bits per heavy atom. The van der Waals surface area contributed by atoms with Crippen molar-refractivity contribution in [2.24, 2.45) is 0 Å². The third kappa shape index (κ3) is 4.34. The second-order valence-corrected chi connectivity index (χ2v) is 6.24. The predicted molar refractivity (Wildman–Crippen MR) is 104 cm³/mol. The molecule has 2 aromatic carbocycles. The molecule has 3 rings (SSSR count). The third-order valence-electron chi connectivity index (χ3n) is 4.01. The van der Waals surface area contributed by atoms with E-state index in [1.165, 1.54) is 4.68 Å². The van der Waals surface area contributed by atoms with Gasteiger partial charge in [0.15, 0.2) is 5.82 Å². The number of amides is 1. The molecule has 1 N–H and O–H groups in total. The van der Waals surface area contributed by atoms with E-state index in [4.69, 9.17) is 25.8 Å². The number of halogens is 1. The minimum Gasteiger partial charge on any atom is -0.497 e. The molecule has 0 bridgehead atoms. The average Bonchev–Trinajstić information content (AvgIpc) is 3.06. The van der Waals surface area contributed by atoms with Crippen LogP contribution in [0, 0.1) is 6.92 Å². The van der Waals surface area contributed by atoms with Crippen molar-refractivity contribution >= 4 is 23.5 Å². The van der Waals surface area contributed by atoms with E-state index in [9.17, 15) is 4.79 Å². The van der Waals surface area contributed by atoms with Crippen molar-refractivity contribution in [2.45, 2.75) is 13.5 Å². The lowest BCUT2D eigenvalue weighted by Gasteiger charge is -2.10. The maximum atomic E-state index is 12.1. The molecule has 28 heavy (non-hydrogen) atoms. The van der Waals surface area contributed by atoms with Gasteiger partial charge in [-0.05, 0) is 42.8 Å². The standard InChI is InChI=1S/C19H19ClN4O4/c1-12-18(21-19(25)28-11-13-4-7-15(26-2)8-5-13)22-23-24(12)16-10-14(20)6-9-17(16)27-3/h4-10H,11H2,1-3H3,(H,21,25). The average molecular weight is 403 g/mol. The van der Waals surface area contributed by atoms with Gasteiger partial charge in [-0.3, -0.25) is 5.32 Å². The normalized spacial score (nSPS) is 10.4. The summed E-state index contributed by atoms with van der Waals surface area (Å²) >= 11 is 6.07. The van der Waals surface area contributed by atoms with E-state index in [0.29, 0.717) is 22.2 Å². The number of nitrogens with zero attached hydrogens (tertiary/aromatic N) is 3. The lowest BCUT2D eigenvalue weighted by Crippen LogP contribution is -2.14. The highest BCUT2D eigenvalue weighted by Gasteiger charge is 2.16. The molecule has 1 aromatic heterocycles. The molecule has 1 amide bonds. The fourth-order valence-electron chi connectivity index (χ4n) is 2.51. The smallest absolute Gasteiger partial charge is 0.413 e. The Bertz CT molecular complexity index is 973. The Morgan fingerprint density at radius 3 is 2.57 bits per heavy atom. The lowest BCUT2D eigenvalue weighted by molar-refractivity contribution is 0.155. The topological polar surface area (TPSA) is 87.5 Å². The molecule has 0 aliphatic rings. The monoisotopic (exact) mass is 402 g/mol. The summed E-state index contributed by atoms with van der Waals surface area (Å²) in [6.45, 7) is 1.88. The van der Waals surface area contributed by atoms with Crippen LogP contribution in [0.25, 0.3) is 5.69 Å². The second-order valence-electron chi connectivity index (χ2n) is 5.80. The largest absolute Gasteiger partial charge is 0.497 e. The van der Waals surface area contributed by atoms with Gasteiger partial charge in [0, 0.05) is 5.02 Å². The summed E-state index contributed by atoms with van der Waals surface area (Å²) in [6.07, 6.45) is -0.635. The van der Waals surface area contributed by atoms with Gasteiger partial charge >= 0.3 is 6.09 Å². The number of carbonyl (C=O) groups excluding carboxylic acids is 1. The highest BCUT2D eigenvalue weighted by atomic mass is 35.5. The van der Waals surface area contributed by atoms with Crippen LogP contribution < -0.4 is 14.8 Å². The van der Waals surface area contributed by atoms with Gasteiger partial charge in [-0.2, -0.15) is 0 Å². The molecule has 9 heteroatoms. The molecule has 0 unspecified atom stereocenters. The Labute approximate surface area is 167 Å². The molecule has 0 saturated carbocycles. The maximum Gasteiger partial charge on any atom is 0.413 e. The first-order chi connectivity index (χ1) is 13.5. The second kappa shape index (κ2) is 8.62. The quantitative estimate of drug-likeness (QED) is 0.670. The number of ether oxygens (including phenoxy) is 3. The molecule has 1 heterocycles. The molecule has 0 radical (unpaired) electrons. The van der Waals surface area contributed by atoms with Crippen LogP contribution in [0.1, 0.15) is 11.3 Å². The number of nitrogens with one attached hydrogen (secondary N) is 1. The van der Waals surface area contributed by atoms with Gasteiger partial charge < -0.3 is 14.2 Å². The van der Waals surface area contributed by atoms with Crippen molar-refractivity contribution in [3.63, 3.8) is 0 Å². The number of carbonyl (C=O) groups is 1. The molecule has 3 aromatic rings. The van der Waals surface area contributed by atoms with Crippen molar-refractivity contribution in [3.05, 3.63) is 58.7 Å². The van der Waals surface area contributed by atoms with Gasteiger partial charge in [0.05, 0.1) is 19.9 Å². The summed E-state index contributed by atoms with van der Waals surface area (Å²) in [4.78, 5) is 12.1. The van der Waals surface area contributed by atoms with E-state index in [0.717, 1.165) is 11.3 Å². The Kier molecular flexibility index (Phi) is 6.00. The minimum absolute atomic E-state index is 0.116. The first-order valence-electron chi connectivity index (χ1n) is 8.34. The number of methoxy groups -OCH3 is 2. The summed E-state index contributed by atoms with van der Waals surface area (Å²) in [5, 5.41) is 11.2. The third-order valence-corrected chi connectivity index (χ3v) is 4.25. The molecule has 0 aliphatic heterocycles. The zero-order chi connectivity index (χ0) is 20.1. The molecule has 0 aliphatic carbocycles. The highest BCUT2D eigenvalue weighted by Crippen LogP contribution is 2.28. The van der Waals surface area contributed by atoms with Crippen molar-refractivity contribution in [2.75, 3.05) is 19.5 Å². The van der Waals surface area contributed by atoms with Crippen LogP contribution in [-0.2, 0) is 11.3 Å². The van der Waals surface area contributed by atoms with E-state index >= 15 is 0 Å². The molecule has 0 spiro atoms. The SMILES string of the molecule is COc1ccc(COC(=O)Nc2nnn(-c3cc(Cl)ccc3OC)c2C)cc1. The molecular weight excluding hydrogens is 384 g/mol. The van der Waals surface area contributed by atoms with E-state index in [1.807, 2.05) is 12.1 Å². The van der Waals surface area contributed by atoms with Crippen LogP contribution in [0.2, 0.25) is 5.02 Å². The fraction of sp³-hybridized carbons (Fsp3) is 0.211. The van der Waals surface area contributed by atoms with E-state index in [1.54, 1.807) is 51.5 Å². The predicted octanol–water partition coefficient (Wildman–Crippen LogP) is 4.00. The van der Waals surface area contributed by atoms with Crippen LogP contribution in [0.15, 0.2) is 42.5 Å². The molecule has 0 atom stereocenters. The molecule has 0 saturated heterocycles. The van der Waals surface area contributed by atoms with Gasteiger partial charge in [0.25, 0.3) is 0 Å². The van der Waals surface area contributed by atoms with Gasteiger partial charge in [-0.1, -0.05) is 28.9 Å². The van der Waals surface area contributed by atoms with Gasteiger partial charge in [-0.25, -0.2) is 9.48 Å². The maximum absolute atomic E-state index is 12.1. The number of rotatable bonds is 6. The number of hydrogen-bond donors (Lipinski definition) is 1. The Morgan fingerprint density at radius 2 is 1.89 bits per heavy atom. The van der Waals surface area contributed by atoms with E-state index < -0.39 is 6.09 Å². The van der Waals surface area contributed by atoms with Crippen molar-refractivity contribution in [1.29, 1.82) is 0 Å². The summed E-state index contributed by atoms with van der Waals surface area (Å²) < 4.78 is 17.2. The zero-order valence-electron chi connectivity index (χ0n) is 15.6. The van der Waals surface area contributed by atoms with E-state index in [2.05, 4.69) is 15.6 Å². The van der Waals surface area contributed by atoms with Crippen LogP contribution >= 0.6 is 11.6 Å². The van der Waals surface area contributed by atoms with E-state index in [-0.39, 0.29) is 12.4 Å². The number of anilines is 1. The Hall–Kier alpha value is -3.26. The van der Waals surface area contributed by atoms with Gasteiger partial charge in [0.2, 0.25) is 0 Å². The summed E-state index contributed by atoms with van der Waals surface area (Å²) in [5.74, 6) is 1.59. The first-order valence-corrected chi connectivity index (χ1v) is 8.72. The molecule has 0 fully saturated rings. The van der Waals surface area contributed by atoms with Crippen LogP contribution in [-0.4, -0.2) is 35.3 Å². The van der Waals surface area contributed by atoms with Gasteiger partial charge in [0.1, 0.15) is 23.8 Å². The number of aromatic nitrogens is 3. The lowest BCUT2D eigenvalue weighted by atomic mass is 10.2. The van der Waals surface area contributed by atoms with Crippen LogP contribution in [0.3, 0.4) is 0 Å². The number of hydrogen-bond acceptors (Lipinski definition) is 6. The van der Waals surface area contributed by atoms with Crippen LogP contribution in [0.4, 0.5) is 10.6 Å². The highest BCUT2D eigenvalue weighted by molar-refractivity contribution is 6.30. The fourth-order valence-corrected chi connectivity index (χ4v) is 2.67. The van der Waals surface area contributed by atoms with Crippen molar-refractivity contribution < 1.29 is 19.0 Å². The zero-order valence-corrected chi connectivity index (χ0v) is 16.4. The molecule has 8 nitrogen and oxygen atoms in total. The number of benzene rings is 2. The minimum atomic E-state index is -0.635. The first kappa shape index (κ1) is 19.5. The summed E-state index contributed by atoms with van der Waals surface area (Å²) in [5.41, 5.74) is 2.04. The summed E-state index contributed by atoms with van der Waals surface area (Å²) in [6, 6.07) is 12.4. The van der Waals surface area contributed by atoms with Crippen molar-refractivity contribution in [3.8, 4) is 17.2 Å².